The van der Waals surface area contributed by atoms with Crippen LogP contribution in [0.4, 0.5) is 0 Å². The van der Waals surface area contributed by atoms with E-state index in [-0.39, 0.29) is 16.6 Å². The molecule has 3 rings (SSSR count). The van der Waals surface area contributed by atoms with E-state index in [1.54, 1.807) is 18.2 Å². The molecule has 0 spiro atoms. The first-order valence-corrected chi connectivity index (χ1v) is 12.8. The van der Waals surface area contributed by atoms with Gasteiger partial charge in [0.25, 0.3) is 0 Å². The Morgan fingerprint density at radius 3 is 2.07 bits per heavy atom. The second kappa shape index (κ2) is 9.51. The highest BCUT2D eigenvalue weighted by atomic mass is 79.9. The van der Waals surface area contributed by atoms with E-state index in [0.29, 0.717) is 41.3 Å². The van der Waals surface area contributed by atoms with E-state index in [2.05, 4.69) is 47.8 Å². The molecular weight excluding hydrogens is 574 g/mol. The first-order chi connectivity index (χ1) is 13.3. The van der Waals surface area contributed by atoms with Crippen LogP contribution in [0.3, 0.4) is 0 Å². The van der Waals surface area contributed by atoms with Gasteiger partial charge in [-0.1, -0.05) is 59.9 Å². The van der Waals surface area contributed by atoms with Crippen LogP contribution in [0.15, 0.2) is 60.8 Å². The Balaban J connectivity index is 1.57. The highest BCUT2D eigenvalue weighted by Gasteiger charge is 2.32. The topological polar surface area (TPSA) is 54.5 Å². The molecule has 1 saturated heterocycles. The Morgan fingerprint density at radius 1 is 0.929 bits per heavy atom. The van der Waals surface area contributed by atoms with Crippen molar-refractivity contribution in [3.8, 4) is 0 Å². The van der Waals surface area contributed by atoms with E-state index in [4.69, 9.17) is 0 Å². The Kier molecular flexibility index (Phi) is 7.53. The number of hydrogen-bond acceptors (Lipinski definition) is 3. The van der Waals surface area contributed by atoms with Crippen molar-refractivity contribution in [1.82, 2.24) is 4.31 Å². The third-order valence-electron chi connectivity index (χ3n) is 4.96. The van der Waals surface area contributed by atoms with Gasteiger partial charge in [-0.15, -0.1) is 0 Å². The van der Waals surface area contributed by atoms with Crippen molar-refractivity contribution >= 4 is 63.6 Å². The molecule has 150 valence electrons. The summed E-state index contributed by atoms with van der Waals surface area (Å²) in [5.41, 5.74) is 1.14. The molecule has 0 bridgehead atoms. The molecule has 1 heterocycles. The van der Waals surface area contributed by atoms with Crippen molar-refractivity contribution in [3.05, 3.63) is 61.4 Å². The molecule has 0 unspecified atom stereocenters. The van der Waals surface area contributed by atoms with Crippen molar-refractivity contribution in [2.75, 3.05) is 13.1 Å². The minimum absolute atomic E-state index is 0.0591. The van der Waals surface area contributed by atoms with Gasteiger partial charge in [-0.25, -0.2) is 8.42 Å². The van der Waals surface area contributed by atoms with Crippen LogP contribution in [-0.4, -0.2) is 31.6 Å². The Hall–Kier alpha value is -0.540. The number of piperidine rings is 1. The molecule has 0 amide bonds. The molecule has 0 aliphatic carbocycles. The first-order valence-electron chi connectivity index (χ1n) is 8.99. The van der Waals surface area contributed by atoms with Gasteiger partial charge in [0.2, 0.25) is 10.0 Å². The van der Waals surface area contributed by atoms with Crippen molar-refractivity contribution in [2.45, 2.75) is 30.6 Å². The number of carbonyl (C=O) groups excluding carboxylic acids is 1. The largest absolute Gasteiger partial charge is 0.299 e. The summed E-state index contributed by atoms with van der Waals surface area (Å²) in [6.45, 7) is 0.752. The fraction of sp³-hybridized carbons (Fsp3) is 0.350. The second-order valence-electron chi connectivity index (χ2n) is 6.88. The number of sulfonamides is 1. The fourth-order valence-corrected chi connectivity index (χ4v) is 6.77. The maximum Gasteiger partial charge on any atom is 0.243 e. The van der Waals surface area contributed by atoms with Crippen LogP contribution in [-0.2, 0) is 21.2 Å². The molecule has 1 aliphatic heterocycles. The number of Topliss-reactive ketones (excluding diaryl/α,β-unsaturated/α-hetero) is 1. The van der Waals surface area contributed by atoms with Gasteiger partial charge in [-0.05, 0) is 55.2 Å². The average Bonchev–Trinajstić information content (AvgIpc) is 2.66. The summed E-state index contributed by atoms with van der Waals surface area (Å²) in [7, 11) is -3.56. The number of carbonyl (C=O) groups is 1. The van der Waals surface area contributed by atoms with Gasteiger partial charge >= 0.3 is 0 Å². The Morgan fingerprint density at radius 2 is 1.50 bits per heavy atom. The predicted molar refractivity (Wildman–Crippen MR) is 121 cm³/mol. The summed E-state index contributed by atoms with van der Waals surface area (Å²) < 4.78 is 29.7. The normalized spacial score (nSPS) is 16.2. The summed E-state index contributed by atoms with van der Waals surface area (Å²) in [4.78, 5) is 12.8. The lowest BCUT2D eigenvalue weighted by Crippen LogP contribution is -2.40. The predicted octanol–water partition coefficient (Wildman–Crippen LogP) is 5.58. The van der Waals surface area contributed by atoms with Gasteiger partial charge in [0.1, 0.15) is 5.78 Å². The number of benzene rings is 2. The monoisotopic (exact) mass is 591 g/mol. The number of aryl methyl sites for hydroxylation is 1. The van der Waals surface area contributed by atoms with E-state index in [9.17, 15) is 13.2 Å². The summed E-state index contributed by atoms with van der Waals surface area (Å²) in [6.07, 6.45) is 2.37. The molecule has 2 aromatic carbocycles. The Bertz CT molecular complexity index is 933. The summed E-state index contributed by atoms with van der Waals surface area (Å²) in [5.74, 6) is 0.168. The maximum atomic E-state index is 12.9. The van der Waals surface area contributed by atoms with Crippen molar-refractivity contribution in [1.29, 1.82) is 0 Å². The molecule has 4 nitrogen and oxygen atoms in total. The zero-order chi connectivity index (χ0) is 20.3. The SMILES string of the molecule is O=C(CCc1ccc(Br)cc1)C1CCN(S(=O)(=O)c2cc(Br)cc(Br)c2)CC1. The summed E-state index contributed by atoms with van der Waals surface area (Å²) >= 11 is 10.1. The fourth-order valence-electron chi connectivity index (χ4n) is 3.37. The lowest BCUT2D eigenvalue weighted by atomic mass is 9.90. The average molecular weight is 594 g/mol. The van der Waals surface area contributed by atoms with Gasteiger partial charge in [0.15, 0.2) is 0 Å². The molecule has 0 atom stereocenters. The molecule has 0 saturated carbocycles. The number of rotatable bonds is 6. The van der Waals surface area contributed by atoms with Crippen LogP contribution in [0, 0.1) is 5.92 Å². The second-order valence-corrected chi connectivity index (χ2v) is 11.6. The van der Waals surface area contributed by atoms with Crippen molar-refractivity contribution < 1.29 is 13.2 Å². The molecule has 28 heavy (non-hydrogen) atoms. The standard InChI is InChI=1S/C20H20Br3NO3S/c21-16-4-1-14(2-5-16)3-6-20(25)15-7-9-24(10-8-15)28(26,27)19-12-17(22)11-18(23)13-19/h1-2,4-5,11-13,15H,3,6-10H2. The molecular formula is C20H20Br3NO3S. The third kappa shape index (κ3) is 5.53. The lowest BCUT2D eigenvalue weighted by Gasteiger charge is -2.30. The van der Waals surface area contributed by atoms with Crippen LogP contribution in [0.2, 0.25) is 0 Å². The van der Waals surface area contributed by atoms with Crippen LogP contribution >= 0.6 is 47.8 Å². The molecule has 2 aromatic rings. The minimum Gasteiger partial charge on any atom is -0.299 e. The Labute approximate surface area is 191 Å². The van der Waals surface area contributed by atoms with Crippen LogP contribution in [0.25, 0.3) is 0 Å². The quantitative estimate of drug-likeness (QED) is 0.440. The summed E-state index contributed by atoms with van der Waals surface area (Å²) in [6, 6.07) is 13.0. The van der Waals surface area contributed by atoms with Crippen LogP contribution in [0.1, 0.15) is 24.8 Å². The number of nitrogens with zero attached hydrogens (tertiary/aromatic N) is 1. The van der Waals surface area contributed by atoms with E-state index >= 15 is 0 Å². The lowest BCUT2D eigenvalue weighted by molar-refractivity contribution is -0.123. The van der Waals surface area contributed by atoms with Crippen molar-refractivity contribution in [3.63, 3.8) is 0 Å². The molecule has 0 radical (unpaired) electrons. The van der Waals surface area contributed by atoms with Gasteiger partial charge < -0.3 is 0 Å². The van der Waals surface area contributed by atoms with Crippen LogP contribution < -0.4 is 0 Å². The van der Waals surface area contributed by atoms with Gasteiger partial charge in [0, 0.05) is 38.8 Å². The molecule has 1 fully saturated rings. The number of halogens is 3. The van der Waals surface area contributed by atoms with Gasteiger partial charge in [0.05, 0.1) is 4.90 Å². The highest BCUT2D eigenvalue weighted by molar-refractivity contribution is 9.11. The maximum absolute atomic E-state index is 12.9. The van der Waals surface area contributed by atoms with E-state index in [0.717, 1.165) is 16.5 Å². The van der Waals surface area contributed by atoms with E-state index in [1.807, 2.05) is 24.3 Å². The zero-order valence-corrected chi connectivity index (χ0v) is 20.7. The molecule has 0 N–H and O–H groups in total. The van der Waals surface area contributed by atoms with Gasteiger partial charge in [-0.2, -0.15) is 4.31 Å². The minimum atomic E-state index is -3.56. The summed E-state index contributed by atoms with van der Waals surface area (Å²) in [5, 5.41) is 0. The number of ketones is 1. The van der Waals surface area contributed by atoms with Crippen LogP contribution in [0.5, 0.6) is 0 Å². The van der Waals surface area contributed by atoms with E-state index in [1.165, 1.54) is 4.31 Å². The zero-order valence-electron chi connectivity index (χ0n) is 15.1. The molecule has 0 aromatic heterocycles. The first kappa shape index (κ1) is 22.2. The highest BCUT2D eigenvalue weighted by Crippen LogP contribution is 2.29. The van der Waals surface area contributed by atoms with E-state index < -0.39 is 10.0 Å². The van der Waals surface area contributed by atoms with Crippen molar-refractivity contribution in [2.24, 2.45) is 5.92 Å². The number of hydrogen-bond donors (Lipinski definition) is 0. The smallest absolute Gasteiger partial charge is 0.243 e. The molecule has 1 aliphatic rings. The molecule has 8 heteroatoms. The van der Waals surface area contributed by atoms with Gasteiger partial charge in [-0.3, -0.25) is 4.79 Å². The third-order valence-corrected chi connectivity index (χ3v) is 8.28.